The van der Waals surface area contributed by atoms with Gasteiger partial charge in [-0.1, -0.05) is 34.1 Å². The summed E-state index contributed by atoms with van der Waals surface area (Å²) >= 11 is 3.42. The van der Waals surface area contributed by atoms with Gasteiger partial charge in [0, 0.05) is 22.3 Å². The van der Waals surface area contributed by atoms with Crippen LogP contribution in [0.1, 0.15) is 11.1 Å². The number of amides is 1. The monoisotopic (exact) mass is 330 g/mol. The van der Waals surface area contributed by atoms with E-state index in [-0.39, 0.29) is 11.9 Å². The van der Waals surface area contributed by atoms with Crippen LogP contribution in [0.5, 0.6) is 0 Å². The van der Waals surface area contributed by atoms with E-state index in [2.05, 4.69) is 32.6 Å². The Bertz CT molecular complexity index is 644. The molecule has 102 valence electrons. The Kier molecular flexibility index (Phi) is 3.49. The standard InChI is InChI=1S/C16H15BrN2O/c1-10-8-12(17)6-7-13(10)19-16(20)15-9-11-4-2-3-5-14(11)18-15/h2-8,15,18H,9H2,1H3,(H,19,20). The summed E-state index contributed by atoms with van der Waals surface area (Å²) in [6.07, 6.45) is 0.734. The zero-order chi connectivity index (χ0) is 14.1. The normalized spacial score (nSPS) is 16.4. The minimum atomic E-state index is -0.199. The molecule has 3 rings (SSSR count). The first-order valence-corrected chi connectivity index (χ1v) is 7.34. The number of carbonyl (C=O) groups is 1. The molecule has 20 heavy (non-hydrogen) atoms. The quantitative estimate of drug-likeness (QED) is 0.880. The van der Waals surface area contributed by atoms with Crippen LogP contribution in [0.2, 0.25) is 0 Å². The number of benzene rings is 2. The van der Waals surface area contributed by atoms with E-state index < -0.39 is 0 Å². The number of rotatable bonds is 2. The molecular weight excluding hydrogens is 316 g/mol. The average Bonchev–Trinajstić information content (AvgIpc) is 2.86. The van der Waals surface area contributed by atoms with Gasteiger partial charge in [0.1, 0.15) is 6.04 Å². The maximum absolute atomic E-state index is 12.3. The van der Waals surface area contributed by atoms with Crippen LogP contribution in [-0.4, -0.2) is 11.9 Å². The van der Waals surface area contributed by atoms with Gasteiger partial charge in [-0.15, -0.1) is 0 Å². The molecule has 3 nitrogen and oxygen atoms in total. The minimum Gasteiger partial charge on any atom is -0.373 e. The van der Waals surface area contributed by atoms with E-state index in [0.29, 0.717) is 0 Å². The Balaban J connectivity index is 1.72. The third-order valence-electron chi connectivity index (χ3n) is 3.53. The Morgan fingerprint density at radius 1 is 1.30 bits per heavy atom. The summed E-state index contributed by atoms with van der Waals surface area (Å²) in [6.45, 7) is 1.98. The zero-order valence-electron chi connectivity index (χ0n) is 11.1. The van der Waals surface area contributed by atoms with Crippen molar-refractivity contribution in [2.45, 2.75) is 19.4 Å². The Hall–Kier alpha value is -1.81. The van der Waals surface area contributed by atoms with Gasteiger partial charge in [-0.05, 0) is 42.3 Å². The Morgan fingerprint density at radius 3 is 2.85 bits per heavy atom. The fourth-order valence-electron chi connectivity index (χ4n) is 2.44. The van der Waals surface area contributed by atoms with Gasteiger partial charge in [0.15, 0.2) is 0 Å². The highest BCUT2D eigenvalue weighted by molar-refractivity contribution is 9.10. The van der Waals surface area contributed by atoms with E-state index in [4.69, 9.17) is 0 Å². The first kappa shape index (κ1) is 13.2. The van der Waals surface area contributed by atoms with Gasteiger partial charge in [-0.25, -0.2) is 0 Å². The van der Waals surface area contributed by atoms with E-state index in [1.54, 1.807) is 0 Å². The van der Waals surface area contributed by atoms with Crippen LogP contribution in [-0.2, 0) is 11.2 Å². The number of anilines is 2. The molecule has 1 unspecified atom stereocenters. The maximum atomic E-state index is 12.3. The van der Waals surface area contributed by atoms with Crippen molar-refractivity contribution in [3.63, 3.8) is 0 Å². The number of aryl methyl sites for hydroxylation is 1. The lowest BCUT2D eigenvalue weighted by Crippen LogP contribution is -2.33. The molecule has 0 aliphatic carbocycles. The van der Waals surface area contributed by atoms with Gasteiger partial charge >= 0.3 is 0 Å². The molecule has 2 aromatic rings. The molecule has 1 atom stereocenters. The first-order chi connectivity index (χ1) is 9.63. The molecule has 0 fully saturated rings. The highest BCUT2D eigenvalue weighted by Crippen LogP contribution is 2.26. The molecule has 0 aromatic heterocycles. The maximum Gasteiger partial charge on any atom is 0.247 e. The number of fused-ring (bicyclic) bond motifs is 1. The number of nitrogens with one attached hydrogen (secondary N) is 2. The van der Waals surface area contributed by atoms with Crippen molar-refractivity contribution in [2.75, 3.05) is 10.6 Å². The molecule has 1 amide bonds. The number of hydrogen-bond donors (Lipinski definition) is 2. The molecule has 0 saturated heterocycles. The topological polar surface area (TPSA) is 41.1 Å². The van der Waals surface area contributed by atoms with Crippen molar-refractivity contribution in [3.05, 3.63) is 58.1 Å². The zero-order valence-corrected chi connectivity index (χ0v) is 12.7. The first-order valence-electron chi connectivity index (χ1n) is 6.55. The molecule has 1 aliphatic rings. The van der Waals surface area contributed by atoms with E-state index in [0.717, 1.165) is 27.8 Å². The predicted molar refractivity (Wildman–Crippen MR) is 85.1 cm³/mol. The summed E-state index contributed by atoms with van der Waals surface area (Å²) in [7, 11) is 0. The summed E-state index contributed by atoms with van der Waals surface area (Å²) in [5.41, 5.74) is 4.15. The van der Waals surface area contributed by atoms with E-state index in [9.17, 15) is 4.79 Å². The van der Waals surface area contributed by atoms with Crippen LogP contribution in [0.3, 0.4) is 0 Å². The van der Waals surface area contributed by atoms with Crippen LogP contribution < -0.4 is 10.6 Å². The lowest BCUT2D eigenvalue weighted by atomic mass is 10.1. The summed E-state index contributed by atoms with van der Waals surface area (Å²) in [4.78, 5) is 12.3. The second-order valence-electron chi connectivity index (χ2n) is 5.01. The van der Waals surface area contributed by atoms with Gasteiger partial charge in [0.05, 0.1) is 0 Å². The van der Waals surface area contributed by atoms with Crippen molar-refractivity contribution in [3.8, 4) is 0 Å². The van der Waals surface area contributed by atoms with Crippen molar-refractivity contribution in [2.24, 2.45) is 0 Å². The van der Waals surface area contributed by atoms with Gasteiger partial charge in [-0.2, -0.15) is 0 Å². The second-order valence-corrected chi connectivity index (χ2v) is 5.92. The molecule has 4 heteroatoms. The summed E-state index contributed by atoms with van der Waals surface area (Å²) in [5, 5.41) is 6.26. The summed E-state index contributed by atoms with van der Waals surface area (Å²) < 4.78 is 1.01. The fourth-order valence-corrected chi connectivity index (χ4v) is 2.92. The smallest absolute Gasteiger partial charge is 0.247 e. The molecule has 0 radical (unpaired) electrons. The number of para-hydroxylation sites is 1. The van der Waals surface area contributed by atoms with Crippen LogP contribution in [0.4, 0.5) is 11.4 Å². The van der Waals surface area contributed by atoms with E-state index >= 15 is 0 Å². The molecule has 0 spiro atoms. The van der Waals surface area contributed by atoms with E-state index in [1.165, 1.54) is 5.56 Å². The predicted octanol–water partition coefficient (Wildman–Crippen LogP) is 3.73. The van der Waals surface area contributed by atoms with Gasteiger partial charge in [0.2, 0.25) is 5.91 Å². The molecule has 2 N–H and O–H groups in total. The van der Waals surface area contributed by atoms with Crippen molar-refractivity contribution >= 4 is 33.2 Å². The minimum absolute atomic E-state index is 0.00613. The molecule has 1 heterocycles. The molecule has 1 aliphatic heterocycles. The van der Waals surface area contributed by atoms with Crippen LogP contribution in [0.25, 0.3) is 0 Å². The third-order valence-corrected chi connectivity index (χ3v) is 4.03. The highest BCUT2D eigenvalue weighted by Gasteiger charge is 2.26. The van der Waals surface area contributed by atoms with Crippen LogP contribution >= 0.6 is 15.9 Å². The van der Waals surface area contributed by atoms with Gasteiger partial charge in [0.25, 0.3) is 0 Å². The van der Waals surface area contributed by atoms with Crippen LogP contribution in [0, 0.1) is 6.92 Å². The van der Waals surface area contributed by atoms with Gasteiger partial charge < -0.3 is 10.6 Å². The van der Waals surface area contributed by atoms with Crippen LogP contribution in [0.15, 0.2) is 46.9 Å². The molecule has 0 bridgehead atoms. The van der Waals surface area contributed by atoms with Crippen molar-refractivity contribution in [1.29, 1.82) is 0 Å². The summed E-state index contributed by atoms with van der Waals surface area (Å²) in [5.74, 6) is 0.00613. The number of carbonyl (C=O) groups excluding carboxylic acids is 1. The molecular formula is C16H15BrN2O. The summed E-state index contributed by atoms with van der Waals surface area (Å²) in [6, 6.07) is 13.7. The number of hydrogen-bond acceptors (Lipinski definition) is 2. The largest absolute Gasteiger partial charge is 0.373 e. The van der Waals surface area contributed by atoms with Gasteiger partial charge in [-0.3, -0.25) is 4.79 Å². The SMILES string of the molecule is Cc1cc(Br)ccc1NC(=O)C1Cc2ccccc2N1. The highest BCUT2D eigenvalue weighted by atomic mass is 79.9. The van der Waals surface area contributed by atoms with Crippen molar-refractivity contribution < 1.29 is 4.79 Å². The lowest BCUT2D eigenvalue weighted by molar-refractivity contribution is -0.116. The van der Waals surface area contributed by atoms with E-state index in [1.807, 2.05) is 43.3 Å². The Morgan fingerprint density at radius 2 is 2.10 bits per heavy atom. The molecule has 2 aromatic carbocycles. The van der Waals surface area contributed by atoms with Crippen molar-refractivity contribution in [1.82, 2.24) is 0 Å². The second kappa shape index (κ2) is 5.29. The fraction of sp³-hybridized carbons (Fsp3) is 0.188. The molecule has 0 saturated carbocycles. The third kappa shape index (κ3) is 2.56. The average molecular weight is 331 g/mol. The number of halogens is 1. The Labute approximate surface area is 126 Å². The lowest BCUT2D eigenvalue weighted by Gasteiger charge is -2.13.